The van der Waals surface area contributed by atoms with Gasteiger partial charge in [-0.15, -0.1) is 0 Å². The number of aromatic nitrogens is 1. The van der Waals surface area contributed by atoms with Crippen molar-refractivity contribution in [1.29, 1.82) is 0 Å². The number of nitrogens with one attached hydrogen (secondary N) is 2. The minimum atomic E-state index is 0.186. The van der Waals surface area contributed by atoms with E-state index in [-0.39, 0.29) is 5.92 Å². The quantitative estimate of drug-likeness (QED) is 0.449. The van der Waals surface area contributed by atoms with Crippen molar-refractivity contribution in [2.45, 2.75) is 31.6 Å². The van der Waals surface area contributed by atoms with Crippen molar-refractivity contribution in [1.82, 2.24) is 15.0 Å². The highest BCUT2D eigenvalue weighted by Gasteiger charge is 2.16. The van der Waals surface area contributed by atoms with Crippen molar-refractivity contribution in [2.24, 2.45) is 4.99 Å². The van der Waals surface area contributed by atoms with E-state index in [1.807, 2.05) is 64.2 Å². The molecule has 2 heterocycles. The number of fused-ring (bicyclic) bond motifs is 1. The summed E-state index contributed by atoms with van der Waals surface area (Å²) in [7, 11) is 1.93. The van der Waals surface area contributed by atoms with Crippen LogP contribution in [0, 0.1) is 6.92 Å². The number of carbonyl (C=O) groups excluding carboxylic acids is 1. The molecule has 0 amide bonds. The number of rotatable bonds is 5. The standard InChI is InChI=1S/C12H14N2O.C9H8N2OS.C2H6/c1-13-9-11(12-14-7-8-15-12)10-5-3-2-4-6-10;1-6-2-3-7-8(4-6)13-11-9(5-12)10-7;1-2/h2-8,11,13H,9H2,1H3;2-5H,1H3,(H,10,11);1-2H3. The Bertz CT molecular complexity index is 928. The van der Waals surface area contributed by atoms with Crippen LogP contribution in [0.15, 0.2) is 75.3 Å². The Balaban J connectivity index is 0.000000199. The average molecular weight is 425 g/mol. The van der Waals surface area contributed by atoms with Gasteiger partial charge in [0.05, 0.1) is 22.7 Å². The minimum absolute atomic E-state index is 0.186. The second-order valence-electron chi connectivity index (χ2n) is 6.18. The lowest BCUT2D eigenvalue weighted by atomic mass is 9.99. The molecule has 0 aliphatic carbocycles. The molecule has 1 unspecified atom stereocenters. The predicted molar refractivity (Wildman–Crippen MR) is 123 cm³/mol. The summed E-state index contributed by atoms with van der Waals surface area (Å²) in [5, 5.41) is 3.15. The van der Waals surface area contributed by atoms with Crippen LogP contribution in [-0.4, -0.2) is 30.7 Å². The lowest BCUT2D eigenvalue weighted by Gasteiger charge is -2.13. The molecular formula is C23H28N4O2S. The number of hydrogen-bond acceptors (Lipinski definition) is 7. The van der Waals surface area contributed by atoms with Crippen molar-refractivity contribution in [3.63, 3.8) is 0 Å². The third-order valence-electron chi connectivity index (χ3n) is 4.09. The van der Waals surface area contributed by atoms with Gasteiger partial charge < -0.3 is 14.5 Å². The number of aldehydes is 1. The van der Waals surface area contributed by atoms with Crippen molar-refractivity contribution in [3.8, 4) is 0 Å². The Kier molecular flexibility index (Phi) is 9.83. The van der Waals surface area contributed by atoms with Crippen molar-refractivity contribution in [2.75, 3.05) is 13.6 Å². The van der Waals surface area contributed by atoms with Crippen LogP contribution in [0.2, 0.25) is 0 Å². The van der Waals surface area contributed by atoms with Gasteiger partial charge in [0.1, 0.15) is 6.26 Å². The number of carbonyl (C=O) groups is 1. The Morgan fingerprint density at radius 2 is 1.97 bits per heavy atom. The molecule has 0 spiro atoms. The van der Waals surface area contributed by atoms with E-state index in [1.165, 1.54) is 23.1 Å². The van der Waals surface area contributed by atoms with Crippen molar-refractivity contribution < 1.29 is 9.21 Å². The molecule has 1 aromatic heterocycles. The largest absolute Gasteiger partial charge is 0.448 e. The third kappa shape index (κ3) is 6.57. The maximum absolute atomic E-state index is 10.4. The van der Waals surface area contributed by atoms with Gasteiger partial charge in [0.15, 0.2) is 12.1 Å². The predicted octanol–water partition coefficient (Wildman–Crippen LogP) is 4.89. The molecule has 2 N–H and O–H groups in total. The van der Waals surface area contributed by atoms with Gasteiger partial charge in [-0.05, 0) is 49.2 Å². The Morgan fingerprint density at radius 1 is 1.20 bits per heavy atom. The highest BCUT2D eigenvalue weighted by atomic mass is 32.2. The van der Waals surface area contributed by atoms with Gasteiger partial charge in [0, 0.05) is 6.54 Å². The molecule has 0 radical (unpaired) electrons. The van der Waals surface area contributed by atoms with E-state index in [0.717, 1.165) is 29.3 Å². The molecule has 0 fully saturated rings. The number of aliphatic imine (C=N–C) groups is 1. The molecule has 7 heteroatoms. The topological polar surface area (TPSA) is 79.5 Å². The molecule has 0 saturated heterocycles. The summed E-state index contributed by atoms with van der Waals surface area (Å²) in [5.41, 5.74) is 3.27. The van der Waals surface area contributed by atoms with Crippen LogP contribution in [-0.2, 0) is 4.79 Å². The van der Waals surface area contributed by atoms with E-state index in [9.17, 15) is 4.79 Å². The van der Waals surface area contributed by atoms with Crippen LogP contribution in [0.3, 0.4) is 0 Å². The van der Waals surface area contributed by atoms with Crippen LogP contribution in [0.4, 0.5) is 5.69 Å². The van der Waals surface area contributed by atoms with E-state index in [0.29, 0.717) is 5.84 Å². The first-order valence-electron chi connectivity index (χ1n) is 9.87. The van der Waals surface area contributed by atoms with Gasteiger partial charge in [-0.3, -0.25) is 4.79 Å². The SMILES string of the molecule is CC.CNCC(c1ccccc1)c1ncco1.Cc1ccc2c(c1)SNC(C=O)=N2. The van der Waals surface area contributed by atoms with E-state index < -0.39 is 0 Å². The smallest absolute Gasteiger partial charge is 0.202 e. The number of aryl methyl sites for hydroxylation is 1. The average Bonchev–Trinajstić information content (AvgIpc) is 3.34. The van der Waals surface area contributed by atoms with Gasteiger partial charge in [0.2, 0.25) is 5.89 Å². The van der Waals surface area contributed by atoms with Crippen LogP contribution in [0.1, 0.15) is 36.8 Å². The Morgan fingerprint density at radius 3 is 2.60 bits per heavy atom. The number of nitrogens with zero attached hydrogens (tertiary/aromatic N) is 2. The van der Waals surface area contributed by atoms with E-state index in [4.69, 9.17) is 4.42 Å². The second-order valence-corrected chi connectivity index (χ2v) is 7.03. The number of likely N-dealkylation sites (N-methyl/N-ethyl adjacent to an activating group) is 1. The normalized spacial score (nSPS) is 12.6. The molecule has 158 valence electrons. The summed E-state index contributed by atoms with van der Waals surface area (Å²) >= 11 is 1.42. The highest BCUT2D eigenvalue weighted by Crippen LogP contribution is 2.31. The molecule has 6 nitrogen and oxygen atoms in total. The monoisotopic (exact) mass is 424 g/mol. The molecule has 0 saturated carbocycles. The first-order chi connectivity index (χ1) is 14.7. The highest BCUT2D eigenvalue weighted by molar-refractivity contribution is 7.98. The molecule has 3 aromatic rings. The van der Waals surface area contributed by atoms with Crippen LogP contribution in [0.5, 0.6) is 0 Å². The summed E-state index contributed by atoms with van der Waals surface area (Å²) in [6.45, 7) is 6.85. The van der Waals surface area contributed by atoms with E-state index in [2.05, 4.69) is 32.1 Å². The summed E-state index contributed by atoms with van der Waals surface area (Å²) in [6, 6.07) is 16.2. The second kappa shape index (κ2) is 12.6. The van der Waals surface area contributed by atoms with Gasteiger partial charge in [-0.2, -0.15) is 0 Å². The molecule has 4 rings (SSSR count). The van der Waals surface area contributed by atoms with Crippen molar-refractivity contribution >= 4 is 29.8 Å². The lowest BCUT2D eigenvalue weighted by molar-refractivity contribution is -0.102. The lowest BCUT2D eigenvalue weighted by Crippen LogP contribution is -2.19. The zero-order chi connectivity index (χ0) is 21.8. The molecule has 30 heavy (non-hydrogen) atoms. The molecular weight excluding hydrogens is 396 g/mol. The maximum atomic E-state index is 10.4. The van der Waals surface area contributed by atoms with E-state index in [1.54, 1.807) is 12.5 Å². The van der Waals surface area contributed by atoms with E-state index >= 15 is 0 Å². The zero-order valence-corrected chi connectivity index (χ0v) is 18.6. The number of benzene rings is 2. The number of oxazole rings is 1. The van der Waals surface area contributed by atoms with Gasteiger partial charge in [-0.1, -0.05) is 50.2 Å². The molecule has 1 aliphatic rings. The summed E-state index contributed by atoms with van der Waals surface area (Å²) < 4.78 is 8.20. The minimum Gasteiger partial charge on any atom is -0.448 e. The summed E-state index contributed by atoms with van der Waals surface area (Å²) in [4.78, 5) is 19.8. The van der Waals surface area contributed by atoms with Gasteiger partial charge in [-0.25, -0.2) is 9.98 Å². The Hall–Kier alpha value is -2.90. The first-order valence-corrected chi connectivity index (χ1v) is 10.7. The van der Waals surface area contributed by atoms with Crippen molar-refractivity contribution in [3.05, 3.63) is 78.0 Å². The molecule has 2 aromatic carbocycles. The fourth-order valence-electron chi connectivity index (χ4n) is 2.75. The zero-order valence-electron chi connectivity index (χ0n) is 17.8. The third-order valence-corrected chi connectivity index (χ3v) is 4.95. The molecule has 1 aliphatic heterocycles. The van der Waals surface area contributed by atoms with Gasteiger partial charge >= 0.3 is 0 Å². The fourth-order valence-corrected chi connectivity index (χ4v) is 3.52. The van der Waals surface area contributed by atoms with Gasteiger partial charge in [0.25, 0.3) is 0 Å². The Labute approximate surface area is 182 Å². The van der Waals surface area contributed by atoms with Crippen LogP contribution < -0.4 is 10.0 Å². The fraction of sp³-hybridized carbons (Fsp3) is 0.261. The molecule has 1 atom stereocenters. The number of hydrogen-bond donors (Lipinski definition) is 2. The van der Waals surface area contributed by atoms with Crippen LogP contribution >= 0.6 is 11.9 Å². The summed E-state index contributed by atoms with van der Waals surface area (Å²) in [6.07, 6.45) is 4.01. The first kappa shape index (κ1) is 23.4. The van der Waals surface area contributed by atoms with Crippen LogP contribution in [0.25, 0.3) is 0 Å². The number of amidine groups is 1. The molecule has 0 bridgehead atoms. The summed E-state index contributed by atoms with van der Waals surface area (Å²) in [5.74, 6) is 1.32. The maximum Gasteiger partial charge on any atom is 0.202 e.